The molecule has 236 valence electrons. The van der Waals surface area contributed by atoms with Crippen LogP contribution >= 0.6 is 0 Å². The Bertz CT molecular complexity index is 1400. The topological polar surface area (TPSA) is 0 Å². The van der Waals surface area contributed by atoms with Crippen molar-refractivity contribution < 1.29 is 57.7 Å². The number of hydrogen-bond donors (Lipinski definition) is 0. The first-order valence-electron chi connectivity index (χ1n) is 15.7. The van der Waals surface area contributed by atoms with Gasteiger partial charge >= 0.3 is 266 Å². The summed E-state index contributed by atoms with van der Waals surface area (Å²) in [7, 11) is -1.58. The van der Waals surface area contributed by atoms with E-state index in [2.05, 4.69) is 151 Å². The Morgan fingerprint density at radius 1 is 0.591 bits per heavy atom. The fourth-order valence-electron chi connectivity index (χ4n) is 7.03. The van der Waals surface area contributed by atoms with Crippen molar-refractivity contribution in [1.29, 1.82) is 0 Å². The number of hydrogen-bond acceptors (Lipinski definition) is 0. The van der Waals surface area contributed by atoms with Crippen molar-refractivity contribution >= 4 is 24.7 Å². The van der Waals surface area contributed by atoms with Gasteiger partial charge in [-0.1, -0.05) is 0 Å². The molecule has 1 aliphatic rings. The fourth-order valence-corrected chi connectivity index (χ4v) is 12.6. The van der Waals surface area contributed by atoms with Gasteiger partial charge in [-0.25, -0.2) is 0 Å². The molecule has 0 aliphatic heterocycles. The predicted octanol–water partition coefficient (Wildman–Crippen LogP) is 0.830. The first kappa shape index (κ1) is 41.0. The number of aryl methyl sites for hydroxylation is 4. The molecule has 44 heavy (non-hydrogen) atoms. The minimum atomic E-state index is -1.58. The molecule has 0 amide bonds. The second-order valence-corrected chi connectivity index (χ2v) is 17.4. The van der Waals surface area contributed by atoms with Gasteiger partial charge < -0.3 is 37.2 Å². The van der Waals surface area contributed by atoms with Crippen LogP contribution in [0.4, 0.5) is 0 Å². The van der Waals surface area contributed by atoms with E-state index in [0.717, 1.165) is 0 Å². The molecule has 0 aromatic heterocycles. The zero-order valence-corrected chi connectivity index (χ0v) is 33.7. The molecule has 0 radical (unpaired) electrons. The molecule has 3 atom stereocenters. The molecule has 3 aromatic carbocycles. The van der Waals surface area contributed by atoms with E-state index in [1.165, 1.54) is 69.0 Å². The van der Waals surface area contributed by atoms with Crippen LogP contribution in [0.2, 0.25) is 9.76 Å². The molecule has 3 aromatic rings. The summed E-state index contributed by atoms with van der Waals surface area (Å²) in [6, 6.07) is 23.4. The maximum atomic E-state index is 2.57. The van der Waals surface area contributed by atoms with E-state index in [0.29, 0.717) is 11.8 Å². The van der Waals surface area contributed by atoms with Crippen LogP contribution in [0.15, 0.2) is 71.3 Å². The summed E-state index contributed by atoms with van der Waals surface area (Å²) in [6.45, 7) is 25.7. The summed E-state index contributed by atoms with van der Waals surface area (Å²) in [5.74, 6) is 1.13. The maximum absolute atomic E-state index is 2.57. The van der Waals surface area contributed by atoms with Crippen LogP contribution in [0.5, 0.6) is 0 Å². The maximum Gasteiger partial charge on any atom is -1.00 e. The summed E-state index contributed by atoms with van der Waals surface area (Å²) in [6.07, 6.45) is 2.34. The molecule has 0 bridgehead atoms. The van der Waals surface area contributed by atoms with Gasteiger partial charge in [-0.05, 0) is 0 Å². The second-order valence-electron chi connectivity index (χ2n) is 13.3. The molecule has 0 spiro atoms. The minimum absolute atomic E-state index is 0. The average molecular weight is 702 g/mol. The smallest absolute Gasteiger partial charge is 1.00 e. The van der Waals surface area contributed by atoms with Crippen molar-refractivity contribution in [2.24, 2.45) is 0 Å². The van der Waals surface area contributed by atoms with Crippen LogP contribution in [0.3, 0.4) is 0 Å². The quantitative estimate of drug-likeness (QED) is 0.291. The van der Waals surface area contributed by atoms with Gasteiger partial charge in [0, 0.05) is 0 Å². The average Bonchev–Trinajstić information content (AvgIpc) is 3.08. The first-order chi connectivity index (χ1) is 19.3. The minimum Gasteiger partial charge on any atom is -1.00 e. The van der Waals surface area contributed by atoms with Crippen molar-refractivity contribution in [2.75, 3.05) is 0 Å². The molecule has 0 saturated heterocycles. The van der Waals surface area contributed by atoms with Crippen molar-refractivity contribution in [1.82, 2.24) is 0 Å². The van der Waals surface area contributed by atoms with E-state index in [1.54, 1.807) is 21.5 Å². The van der Waals surface area contributed by atoms with Crippen LogP contribution in [0.25, 0.3) is 5.57 Å². The normalized spacial score (nSPS) is 17.7. The van der Waals surface area contributed by atoms with Crippen molar-refractivity contribution in [3.8, 4) is 0 Å². The second kappa shape index (κ2) is 16.7. The molecule has 5 heteroatoms. The molecule has 1 aliphatic carbocycles. The van der Waals surface area contributed by atoms with Crippen molar-refractivity contribution in [3.63, 3.8) is 0 Å². The van der Waals surface area contributed by atoms with Crippen molar-refractivity contribution in [2.45, 2.75) is 111 Å². The molecule has 0 fully saturated rings. The van der Waals surface area contributed by atoms with Gasteiger partial charge in [0.05, 0.1) is 0 Å². The van der Waals surface area contributed by atoms with Gasteiger partial charge in [-0.3, -0.25) is 0 Å². The molecule has 0 N–H and O–H groups in total. The summed E-state index contributed by atoms with van der Waals surface area (Å²) < 4.78 is 0.00115. The van der Waals surface area contributed by atoms with Gasteiger partial charge in [0.2, 0.25) is 0 Å². The zero-order valence-electron chi connectivity index (χ0n) is 28.7. The molecule has 0 nitrogen and oxygen atoms in total. The third kappa shape index (κ3) is 8.45. The van der Waals surface area contributed by atoms with Gasteiger partial charge in [-0.15, -0.1) is 0 Å². The van der Waals surface area contributed by atoms with Crippen LogP contribution < -0.4 is 47.6 Å². The Kier molecular flexibility index (Phi) is 15.5. The largest absolute Gasteiger partial charge is 1.00 e. The molecular formula is C39H51Cl3SiTi. The monoisotopic (exact) mass is 700 g/mol. The van der Waals surface area contributed by atoms with Crippen LogP contribution in [-0.2, 0) is 20.4 Å². The Hall–Kier alpha value is -1.06. The third-order valence-corrected chi connectivity index (χ3v) is 15.2. The summed E-state index contributed by atoms with van der Waals surface area (Å²) in [5, 5.41) is 3.16. The van der Waals surface area contributed by atoms with E-state index >= 15 is 0 Å². The van der Waals surface area contributed by atoms with Crippen LogP contribution in [0, 0.1) is 27.7 Å². The van der Waals surface area contributed by atoms with E-state index in [9.17, 15) is 0 Å². The number of rotatable bonds is 9. The summed E-state index contributed by atoms with van der Waals surface area (Å²) >= 11 is 2.57. The van der Waals surface area contributed by atoms with Crippen molar-refractivity contribution in [3.05, 3.63) is 110 Å². The molecule has 4 rings (SSSR count). The standard InChI is InChI=1S/C39H51Si.3ClH.Ti/c1-12-28(7)33-20-34(29(8)13-2)22-35(21-33)39-32(11)30(9)31(10)38(39)23-40(36-16-24(3)14-25(4)17-36)37-18-26(5)15-27(6)19-37;;;;/h14-22,28-29,40H,12-13,23H2,1-11H3;3*1H;/q;;;;+3/p-3. The van der Waals surface area contributed by atoms with Crippen LogP contribution in [0.1, 0.15) is 112 Å². The van der Waals surface area contributed by atoms with Crippen LogP contribution in [-0.4, -0.2) is 8.80 Å². The van der Waals surface area contributed by atoms with Gasteiger partial charge in [0.15, 0.2) is 0 Å². The summed E-state index contributed by atoms with van der Waals surface area (Å²) in [4.78, 5) is 0. The predicted molar refractivity (Wildman–Crippen MR) is 181 cm³/mol. The Morgan fingerprint density at radius 2 is 0.977 bits per heavy atom. The Balaban J connectivity index is 0.00000323. The SMILES string of the molecule is CCC(C)c1cc(C2=C(C)C(C)=C(C)[C]2([Ti+3])C[SiH](c2cc(C)cc(C)c2)c2cc(C)cc(C)c2)cc(C(C)CC)c1.[Cl-].[Cl-].[Cl-]. The number of benzene rings is 3. The molecule has 0 heterocycles. The fraction of sp³-hybridized carbons (Fsp3) is 0.436. The Labute approximate surface area is 301 Å². The van der Waals surface area contributed by atoms with Gasteiger partial charge in [-0.2, -0.15) is 0 Å². The van der Waals surface area contributed by atoms with E-state index in [4.69, 9.17) is 0 Å². The first-order valence-corrected chi connectivity index (χ1v) is 18.5. The number of allylic oxidation sites excluding steroid dienone is 4. The third-order valence-electron chi connectivity index (χ3n) is 10.00. The van der Waals surface area contributed by atoms with Gasteiger partial charge in [0.1, 0.15) is 0 Å². The van der Waals surface area contributed by atoms with E-state index < -0.39 is 8.80 Å². The summed E-state index contributed by atoms with van der Waals surface area (Å²) in [5.41, 5.74) is 16.1. The molecule has 3 unspecified atom stereocenters. The molecule has 0 saturated carbocycles. The van der Waals surface area contributed by atoms with Gasteiger partial charge in [0.25, 0.3) is 0 Å². The van der Waals surface area contributed by atoms with E-state index in [1.807, 2.05) is 0 Å². The van der Waals surface area contributed by atoms with E-state index in [-0.39, 0.29) is 40.9 Å². The molecular weight excluding hydrogens is 651 g/mol. The Morgan fingerprint density at radius 3 is 1.34 bits per heavy atom. The number of halogens is 3. The zero-order chi connectivity index (χ0) is 30.2.